The molecule has 0 N–H and O–H groups in total. The maximum atomic E-state index is 10.4. The molecule has 1 aromatic rings. The van der Waals surface area contributed by atoms with E-state index in [9.17, 15) is 13.0 Å². The first-order chi connectivity index (χ1) is 8.51. The van der Waals surface area contributed by atoms with E-state index in [4.69, 9.17) is 8.92 Å². The summed E-state index contributed by atoms with van der Waals surface area (Å²) in [6.45, 7) is 0.387. The first kappa shape index (κ1) is 19.1. The number of ether oxygens (including phenoxy) is 1. The van der Waals surface area contributed by atoms with E-state index in [-0.39, 0.29) is 35.3 Å². The van der Waals surface area contributed by atoms with Gasteiger partial charge in [-0.15, -0.1) is 0 Å². The summed E-state index contributed by atoms with van der Waals surface area (Å²) in [5, 5.41) is 0. The summed E-state index contributed by atoms with van der Waals surface area (Å²) in [6, 6.07) is 7.12. The van der Waals surface area contributed by atoms with Gasteiger partial charge in [0.1, 0.15) is 11.5 Å². The van der Waals surface area contributed by atoms with Crippen LogP contribution in [0, 0.1) is 0 Å². The van der Waals surface area contributed by atoms with Gasteiger partial charge >= 0.3 is 29.6 Å². The Morgan fingerprint density at radius 2 is 1.74 bits per heavy atom. The van der Waals surface area contributed by atoms with Crippen molar-refractivity contribution in [2.24, 2.45) is 0 Å². The summed E-state index contributed by atoms with van der Waals surface area (Å²) in [5.41, 5.74) is 0. The van der Waals surface area contributed by atoms with Crippen LogP contribution in [0.1, 0.15) is 12.8 Å². The number of hydrogen-bond acceptors (Lipinski definition) is 6. The molecule has 0 heterocycles. The number of hydrogen-bond donors (Lipinski definition) is 0. The molecule has 19 heavy (non-hydrogen) atoms. The van der Waals surface area contributed by atoms with E-state index in [1.54, 1.807) is 24.3 Å². The topological polar surface area (TPSA) is 75.7 Å². The van der Waals surface area contributed by atoms with Gasteiger partial charge in [-0.2, -0.15) is 0 Å². The van der Waals surface area contributed by atoms with E-state index in [0.717, 1.165) is 5.75 Å². The quantitative estimate of drug-likeness (QED) is 0.267. The van der Waals surface area contributed by atoms with Crippen molar-refractivity contribution < 1.29 is 51.4 Å². The average Bonchev–Trinajstić information content (AvgIpc) is 2.30. The number of benzene rings is 1. The maximum Gasteiger partial charge on any atom is 1.00 e. The molecule has 0 unspecified atom stereocenters. The molecule has 0 radical (unpaired) electrons. The second kappa shape index (κ2) is 9.90. The molecular formula is C11H15NaO5S2. The van der Waals surface area contributed by atoms with Crippen LogP contribution in [0.5, 0.6) is 11.5 Å². The third-order valence-corrected chi connectivity index (χ3v) is 3.21. The zero-order chi connectivity index (χ0) is 13.4. The molecule has 5 nitrogen and oxygen atoms in total. The van der Waals surface area contributed by atoms with Gasteiger partial charge in [-0.3, -0.25) is 0 Å². The predicted octanol–water partition coefficient (Wildman–Crippen LogP) is -0.948. The van der Waals surface area contributed by atoms with Gasteiger partial charge < -0.3 is 13.5 Å². The molecule has 1 rings (SSSR count). The van der Waals surface area contributed by atoms with Crippen molar-refractivity contribution in [2.75, 3.05) is 18.6 Å². The molecule has 0 amide bonds. The summed E-state index contributed by atoms with van der Waals surface area (Å²) < 4.78 is 41.6. The summed E-state index contributed by atoms with van der Waals surface area (Å²) in [5.74, 6) is 1.09. The summed E-state index contributed by atoms with van der Waals surface area (Å²) in [4.78, 5) is 0. The van der Waals surface area contributed by atoms with Gasteiger partial charge in [0, 0.05) is 12.0 Å². The Kier molecular flexibility index (Phi) is 9.94. The zero-order valence-corrected chi connectivity index (χ0v) is 14.6. The Hall–Kier alpha value is 0.0800. The van der Waals surface area contributed by atoms with Gasteiger partial charge in [0.2, 0.25) is 0 Å². The molecule has 0 atom stereocenters. The third-order valence-electron chi connectivity index (χ3n) is 2.06. The number of rotatable bonds is 8. The van der Waals surface area contributed by atoms with Gasteiger partial charge in [-0.25, -0.2) is 8.42 Å². The van der Waals surface area contributed by atoms with Crippen molar-refractivity contribution in [2.45, 2.75) is 12.8 Å². The minimum Gasteiger partial charge on any atom is -0.748 e. The van der Waals surface area contributed by atoms with Gasteiger partial charge in [0.15, 0.2) is 0 Å². The Labute approximate surface area is 140 Å². The normalized spacial score (nSPS) is 10.6. The Morgan fingerprint density at radius 3 is 2.26 bits per heavy atom. The smallest absolute Gasteiger partial charge is 0.748 e. The van der Waals surface area contributed by atoms with Gasteiger partial charge in [0.25, 0.3) is 0 Å². The fourth-order valence-electron chi connectivity index (χ4n) is 1.26. The molecule has 0 bridgehead atoms. The van der Waals surface area contributed by atoms with E-state index in [1.807, 2.05) is 6.26 Å². The van der Waals surface area contributed by atoms with Crippen molar-refractivity contribution >= 4 is 22.2 Å². The monoisotopic (exact) mass is 314 g/mol. The fraction of sp³-hybridized carbons (Fsp3) is 0.455. The molecular weight excluding hydrogens is 299 g/mol. The molecule has 8 heteroatoms. The molecule has 102 valence electrons. The fourth-order valence-corrected chi connectivity index (χ4v) is 2.12. The second-order valence-corrected chi connectivity index (χ2v) is 5.56. The van der Waals surface area contributed by atoms with Crippen molar-refractivity contribution in [3.63, 3.8) is 0 Å². The molecule has 0 fully saturated rings. The average molecular weight is 314 g/mol. The van der Waals surface area contributed by atoms with Gasteiger partial charge in [-0.05, 0) is 37.1 Å². The van der Waals surface area contributed by atoms with Crippen LogP contribution in [0.4, 0.5) is 0 Å². The Bertz CT molecular complexity index is 447. The van der Waals surface area contributed by atoms with Gasteiger partial charge in [0.05, 0.1) is 28.8 Å². The minimum absolute atomic E-state index is 0. The largest absolute Gasteiger partial charge is 1.00 e. The van der Waals surface area contributed by atoms with Crippen molar-refractivity contribution in [3.8, 4) is 11.5 Å². The Balaban J connectivity index is 0.00000324. The van der Waals surface area contributed by atoms with Crippen LogP contribution in [0.3, 0.4) is 0 Å². The van der Waals surface area contributed by atoms with E-state index < -0.39 is 10.1 Å². The molecule has 0 aliphatic rings. The van der Waals surface area contributed by atoms with E-state index in [0.29, 0.717) is 25.2 Å². The molecule has 0 saturated heterocycles. The Morgan fingerprint density at radius 1 is 1.16 bits per heavy atom. The van der Waals surface area contributed by atoms with Crippen molar-refractivity contribution in [1.82, 2.24) is 0 Å². The van der Waals surface area contributed by atoms with Gasteiger partial charge in [-0.1, -0.05) is 0 Å². The third kappa shape index (κ3) is 9.59. The summed E-state index contributed by atoms with van der Waals surface area (Å²) in [7, 11) is -4.11. The van der Waals surface area contributed by atoms with Crippen LogP contribution in [-0.4, -0.2) is 31.6 Å². The summed E-state index contributed by atoms with van der Waals surface area (Å²) >= 11 is 1.26. The van der Waals surface area contributed by atoms with Crippen molar-refractivity contribution in [3.05, 3.63) is 24.3 Å². The van der Waals surface area contributed by atoms with E-state index in [2.05, 4.69) is 0 Å². The summed E-state index contributed by atoms with van der Waals surface area (Å²) in [6.07, 6.45) is 2.68. The van der Waals surface area contributed by atoms with Crippen LogP contribution >= 0.6 is 12.0 Å². The standard InChI is InChI=1S/C11H16O5S2.Na/c1-17-16-11-6-4-10(5-7-11)15-8-2-3-9-18(12,13)14;/h4-7H,2-3,8-9H2,1H3,(H,12,13,14);/q;+1/p-1. The van der Waals surface area contributed by atoms with E-state index in [1.165, 1.54) is 12.0 Å². The molecule has 0 aliphatic heterocycles. The van der Waals surface area contributed by atoms with Crippen LogP contribution in [0.15, 0.2) is 24.3 Å². The molecule has 0 saturated carbocycles. The van der Waals surface area contributed by atoms with Crippen molar-refractivity contribution in [1.29, 1.82) is 0 Å². The van der Waals surface area contributed by atoms with Crippen LogP contribution in [0.2, 0.25) is 0 Å². The predicted molar refractivity (Wildman–Crippen MR) is 69.9 cm³/mol. The SMILES string of the molecule is CSOc1ccc(OCCCCS(=O)(=O)[O-])cc1.[Na+]. The first-order valence-electron chi connectivity index (χ1n) is 5.38. The minimum atomic E-state index is -4.11. The van der Waals surface area contributed by atoms with Crippen LogP contribution in [-0.2, 0) is 10.1 Å². The first-order valence-corrected chi connectivity index (χ1v) is 8.11. The molecule has 1 aromatic carbocycles. The maximum absolute atomic E-state index is 10.4. The van der Waals surface area contributed by atoms with E-state index >= 15 is 0 Å². The molecule has 0 spiro atoms. The number of unbranched alkanes of at least 4 members (excludes halogenated alkanes) is 1. The van der Waals surface area contributed by atoms with Crippen LogP contribution in [0.25, 0.3) is 0 Å². The molecule has 0 aromatic heterocycles. The zero-order valence-electron chi connectivity index (χ0n) is 11.0. The van der Waals surface area contributed by atoms with Crippen LogP contribution < -0.4 is 38.5 Å². The molecule has 0 aliphatic carbocycles. The second-order valence-electron chi connectivity index (χ2n) is 3.54.